The number of hydrogen-bond acceptors (Lipinski definition) is 11. The van der Waals surface area contributed by atoms with Crippen LogP contribution in [-0.4, -0.2) is 39.8 Å². The van der Waals surface area contributed by atoms with E-state index in [2.05, 4.69) is 52.9 Å². The maximum Gasteiger partial charge on any atom is 0.416 e. The molecule has 404 valence electrons. The lowest BCUT2D eigenvalue weighted by Gasteiger charge is -2.13. The molecule has 3 heterocycles. The number of alkyl halides is 6. The zero-order chi connectivity index (χ0) is 57.7. The number of primary amides is 3. The summed E-state index contributed by atoms with van der Waals surface area (Å²) in [6.07, 6.45) is -8.89. The van der Waals surface area contributed by atoms with E-state index in [-0.39, 0.29) is 38.8 Å². The highest BCUT2D eigenvalue weighted by Gasteiger charge is 2.32. The number of rotatable bonds is 13. The van der Waals surface area contributed by atoms with Crippen molar-refractivity contribution in [1.82, 2.24) is 15.0 Å². The van der Waals surface area contributed by atoms with Gasteiger partial charge in [-0.2, -0.15) is 31.6 Å². The first-order valence-electron chi connectivity index (χ1n) is 23.1. The predicted octanol–water partition coefficient (Wildman–Crippen LogP) is 14.4. The molecule has 9 aromatic rings. The number of aromatic nitrogens is 3. The van der Waals surface area contributed by atoms with E-state index in [9.17, 15) is 40.7 Å². The van der Waals surface area contributed by atoms with E-state index in [4.69, 9.17) is 41.4 Å². The van der Waals surface area contributed by atoms with Gasteiger partial charge < -0.3 is 36.1 Å². The fourth-order valence-corrected chi connectivity index (χ4v) is 7.91. The van der Waals surface area contributed by atoms with Gasteiger partial charge in [-0.15, -0.1) is 0 Å². The lowest BCUT2D eigenvalue weighted by atomic mass is 10.1. The number of halogens is 8. The van der Waals surface area contributed by atoms with Crippen LogP contribution in [0.3, 0.4) is 0 Å². The fraction of sp³-hybridized carbons (Fsp3) is 0.0517. The van der Waals surface area contributed by atoms with Crippen molar-refractivity contribution in [2.75, 3.05) is 7.11 Å². The third kappa shape index (κ3) is 15.5. The van der Waals surface area contributed by atoms with Crippen LogP contribution in [0.15, 0.2) is 191 Å². The van der Waals surface area contributed by atoms with Gasteiger partial charge in [0.05, 0.1) is 45.4 Å². The normalized spacial score (nSPS) is 10.8. The second kappa shape index (κ2) is 25.7. The molecule has 9 rings (SSSR count). The lowest BCUT2D eigenvalue weighted by Crippen LogP contribution is -2.12. The molecule has 0 fully saturated rings. The van der Waals surface area contributed by atoms with Crippen LogP contribution in [0, 0.1) is 11.3 Å². The number of nitrogens with two attached hydrogens (primary N) is 3. The summed E-state index contributed by atoms with van der Waals surface area (Å²) >= 11 is 6.42. The summed E-state index contributed by atoms with van der Waals surface area (Å²) in [6, 6.07) is 49.1. The number of nitrogens with zero attached hydrogens (tertiary/aromatic N) is 4. The summed E-state index contributed by atoms with van der Waals surface area (Å²) in [5, 5.41) is 8.94. The molecule has 0 atom stereocenters. The monoisotopic (exact) mass is 1220 g/mol. The second-order valence-electron chi connectivity index (χ2n) is 16.5. The van der Waals surface area contributed by atoms with Gasteiger partial charge in [-0.25, -0.2) is 15.0 Å². The van der Waals surface area contributed by atoms with E-state index in [1.165, 1.54) is 31.4 Å². The topological polar surface area (TPSA) is 229 Å². The molecule has 0 aliphatic rings. The number of nitriles is 1. The van der Waals surface area contributed by atoms with Crippen LogP contribution in [0.25, 0.3) is 33.8 Å². The number of carbonyl (C=O) groups is 3. The second-order valence-corrected chi connectivity index (χ2v) is 18.2. The number of carbonyl (C=O) groups excluding carboxylic acids is 3. The van der Waals surface area contributed by atoms with E-state index in [1.54, 1.807) is 121 Å². The highest BCUT2D eigenvalue weighted by molar-refractivity contribution is 9.10. The minimum Gasteiger partial charge on any atom is -0.493 e. The molecule has 80 heavy (non-hydrogen) atoms. The summed E-state index contributed by atoms with van der Waals surface area (Å²) in [5.41, 5.74) is 19.3. The van der Waals surface area contributed by atoms with Crippen molar-refractivity contribution in [1.29, 1.82) is 5.26 Å². The molecule has 0 aliphatic carbocycles. The van der Waals surface area contributed by atoms with Crippen molar-refractivity contribution in [3.05, 3.63) is 225 Å². The Morgan fingerprint density at radius 3 is 1.19 bits per heavy atom. The van der Waals surface area contributed by atoms with Crippen molar-refractivity contribution in [3.63, 3.8) is 0 Å². The van der Waals surface area contributed by atoms with Gasteiger partial charge in [0, 0.05) is 21.2 Å². The highest BCUT2D eigenvalue weighted by Crippen LogP contribution is 2.40. The quantitative estimate of drug-likeness (QED) is 0.0920. The van der Waals surface area contributed by atoms with Gasteiger partial charge in [0.2, 0.25) is 0 Å². The predicted molar refractivity (Wildman–Crippen MR) is 291 cm³/mol. The molecule has 0 spiro atoms. The average molecular weight is 1220 g/mol. The van der Waals surface area contributed by atoms with Crippen LogP contribution in [0.5, 0.6) is 40.2 Å². The molecule has 0 saturated carbocycles. The number of ether oxygens (including phenoxy) is 4. The Labute approximate surface area is 468 Å². The number of hydrogen-bond donors (Lipinski definition) is 3. The number of methoxy groups -OCH3 is 1. The van der Waals surface area contributed by atoms with Crippen molar-refractivity contribution >= 4 is 49.6 Å². The Bertz CT molecular complexity index is 3750. The van der Waals surface area contributed by atoms with Crippen LogP contribution in [0.4, 0.5) is 26.3 Å². The van der Waals surface area contributed by atoms with Gasteiger partial charge >= 0.3 is 12.4 Å². The van der Waals surface area contributed by atoms with Gasteiger partial charge in [-0.05, 0) is 196 Å². The molecule has 0 unspecified atom stereocenters. The van der Waals surface area contributed by atoms with Crippen molar-refractivity contribution in [3.8, 4) is 80.1 Å². The van der Waals surface area contributed by atoms with Crippen LogP contribution in [-0.2, 0) is 12.4 Å². The Balaban J connectivity index is 0.000000174. The van der Waals surface area contributed by atoms with Gasteiger partial charge in [0.1, 0.15) is 51.9 Å². The number of pyridine rings is 3. The maximum atomic E-state index is 12.8. The average Bonchev–Trinajstić information content (AvgIpc) is 3.45. The molecule has 0 saturated heterocycles. The van der Waals surface area contributed by atoms with E-state index in [0.717, 1.165) is 41.0 Å². The summed E-state index contributed by atoms with van der Waals surface area (Å²) in [4.78, 5) is 46.3. The third-order valence-corrected chi connectivity index (χ3v) is 12.2. The fourth-order valence-electron chi connectivity index (χ4n) is 7.01. The molecule has 3 amide bonds. The standard InChI is InChI=1S/C20H15F3N2O3.C19H12BrF3N2O2.C19H12BrN3O2/c1-27-18-11-13(20(21,22)23)7-10-17(18)28-14-8-5-12(6-9-14)15-3-2-4-16(25-15)19(24)26;20-14-10-12(19(21,22)23)6-9-17(14)27-13-7-4-11(5-8-13)15-2-1-3-16(25-15)18(24)26;20-16-10-15(9-6-13(16)11-21)25-14-7-4-12(5-8-14)17-2-1-3-18(23-17)19(22)24/h2-11H,1H3,(H2,24,26);1-10H,(H2,24,26);1-10H,(H2,22,24). The minimum absolute atomic E-state index is 0.0327. The SMILES string of the molecule is COc1cc(C(F)(F)F)ccc1Oc1ccc(-c2cccc(C(N)=O)n2)cc1.N#Cc1ccc(Oc2ccc(-c3cccc(C(N)=O)n3)cc2)cc1Br.NC(=O)c1cccc(-c2ccc(Oc3ccc(C(F)(F)F)cc3Br)cc2)n1. The third-order valence-electron chi connectivity index (χ3n) is 11.0. The zero-order valence-electron chi connectivity index (χ0n) is 41.2. The largest absolute Gasteiger partial charge is 0.493 e. The van der Waals surface area contributed by atoms with Gasteiger partial charge in [-0.1, -0.05) is 18.2 Å². The maximum absolute atomic E-state index is 12.8. The first-order chi connectivity index (χ1) is 38.1. The van der Waals surface area contributed by atoms with Crippen molar-refractivity contribution < 1.29 is 59.7 Å². The van der Waals surface area contributed by atoms with Crippen molar-refractivity contribution in [2.45, 2.75) is 12.4 Å². The molecule has 6 N–H and O–H groups in total. The number of benzene rings is 6. The summed E-state index contributed by atoms with van der Waals surface area (Å²) in [7, 11) is 1.27. The van der Waals surface area contributed by atoms with E-state index in [1.807, 2.05) is 12.1 Å². The first-order valence-corrected chi connectivity index (χ1v) is 24.6. The first kappa shape index (κ1) is 58.1. The highest BCUT2D eigenvalue weighted by atomic mass is 79.9. The molecule has 14 nitrogen and oxygen atoms in total. The van der Waals surface area contributed by atoms with Gasteiger partial charge in [-0.3, -0.25) is 14.4 Å². The molecule has 22 heteroatoms. The Morgan fingerprint density at radius 2 is 0.825 bits per heavy atom. The Hall–Kier alpha value is -9.59. The summed E-state index contributed by atoms with van der Waals surface area (Å²) < 4.78 is 99.5. The number of amides is 3. The van der Waals surface area contributed by atoms with Crippen molar-refractivity contribution in [2.24, 2.45) is 17.2 Å². The molecule has 0 bridgehead atoms. The Kier molecular flexibility index (Phi) is 18.7. The smallest absolute Gasteiger partial charge is 0.416 e. The molecular formula is C58H39Br2F6N7O7. The van der Waals surface area contributed by atoms with Gasteiger partial charge in [0.25, 0.3) is 17.7 Å². The summed E-state index contributed by atoms with van der Waals surface area (Å²) in [5.74, 6) is 0.654. The van der Waals surface area contributed by atoms with Crippen LogP contribution in [0.1, 0.15) is 48.2 Å². The van der Waals surface area contributed by atoms with E-state index in [0.29, 0.717) is 50.1 Å². The minimum atomic E-state index is -4.47. The van der Waals surface area contributed by atoms with Gasteiger partial charge in [0.15, 0.2) is 11.5 Å². The molecule has 3 aromatic heterocycles. The molecular weight excluding hydrogens is 1180 g/mol. The Morgan fingerprint density at radius 1 is 0.450 bits per heavy atom. The molecule has 0 radical (unpaired) electrons. The lowest BCUT2D eigenvalue weighted by molar-refractivity contribution is -0.138. The van der Waals surface area contributed by atoms with E-state index >= 15 is 0 Å². The zero-order valence-corrected chi connectivity index (χ0v) is 44.4. The van der Waals surface area contributed by atoms with Crippen LogP contribution in [0.2, 0.25) is 0 Å². The summed E-state index contributed by atoms with van der Waals surface area (Å²) in [6.45, 7) is 0. The van der Waals surface area contributed by atoms with Crippen LogP contribution >= 0.6 is 31.9 Å². The molecule has 0 aliphatic heterocycles. The van der Waals surface area contributed by atoms with E-state index < -0.39 is 41.2 Å². The van der Waals surface area contributed by atoms with Crippen LogP contribution < -0.4 is 36.1 Å². The molecule has 6 aromatic carbocycles.